The Labute approximate surface area is 818 Å². The number of hydrogen-bond acceptors (Lipinski definition) is 0. The fourth-order valence-electron chi connectivity index (χ4n) is 23.8. The summed E-state index contributed by atoms with van der Waals surface area (Å²) in [6.07, 6.45) is 3.27. The second-order valence-corrected chi connectivity index (χ2v) is 48.7. The maximum absolute atomic E-state index is 4.30. The van der Waals surface area contributed by atoms with E-state index in [1.54, 1.807) is 0 Å². The van der Waals surface area contributed by atoms with E-state index in [-0.39, 0.29) is 0 Å². The van der Waals surface area contributed by atoms with Gasteiger partial charge in [0.25, 0.3) is 16.5 Å². The van der Waals surface area contributed by atoms with Crippen molar-refractivity contribution >= 4 is 163 Å². The van der Waals surface area contributed by atoms with Crippen LogP contribution in [0.5, 0.6) is 0 Å². The zero-order valence-electron chi connectivity index (χ0n) is 79.4. The number of hydrogen-bond donors (Lipinski definition) is 0. The van der Waals surface area contributed by atoms with E-state index in [4.69, 9.17) is 0 Å². The topological polar surface area (TPSA) is 9.86 Å². The van der Waals surface area contributed by atoms with Gasteiger partial charge in [-0.15, -0.1) is 0 Å². The summed E-state index contributed by atoms with van der Waals surface area (Å²) in [7, 11) is -12.4. The third kappa shape index (κ3) is 14.2. The van der Waals surface area contributed by atoms with Gasteiger partial charge in [-0.1, -0.05) is 488 Å². The van der Waals surface area contributed by atoms with Crippen molar-refractivity contribution < 1.29 is 0 Å². The molecule has 0 bridgehead atoms. The molecule has 0 spiro atoms. The molecule has 0 radical (unpaired) electrons. The molecule has 24 rings (SSSR count). The fourth-order valence-corrected chi connectivity index (χ4v) is 39.8. The second kappa shape index (κ2) is 35.7. The van der Waals surface area contributed by atoms with Crippen LogP contribution >= 0.6 is 0 Å². The van der Waals surface area contributed by atoms with E-state index in [1.807, 2.05) is 0 Å². The monoisotopic (exact) mass is 1830 g/mol. The van der Waals surface area contributed by atoms with E-state index in [0.29, 0.717) is 0 Å². The first-order valence-electron chi connectivity index (χ1n) is 49.6. The Morgan fingerprint density at radius 1 is 0.158 bits per heavy atom. The van der Waals surface area contributed by atoms with Crippen LogP contribution in [-0.4, -0.2) is 33.0 Å². The van der Waals surface area contributed by atoms with Gasteiger partial charge in [0.15, 0.2) is 8.07 Å². The minimum Gasteiger partial charge on any atom is -0.355 e. The molecule has 0 aliphatic rings. The zero-order valence-corrected chi connectivity index (χ0v) is 82.4. The Morgan fingerprint density at radius 3 is 0.619 bits per heavy atom. The molecule has 0 aliphatic carbocycles. The van der Waals surface area contributed by atoms with Crippen molar-refractivity contribution in [3.63, 3.8) is 0 Å². The zero-order chi connectivity index (χ0) is 93.5. The number of rotatable bonds is 22. The van der Waals surface area contributed by atoms with Gasteiger partial charge in [-0.25, -0.2) is 0 Å². The highest BCUT2D eigenvalue weighted by Gasteiger charge is 2.54. The Hall–Kier alpha value is -15.9. The van der Waals surface area contributed by atoms with Crippen LogP contribution in [0.25, 0.3) is 153 Å². The molecule has 0 amide bonds. The molecule has 0 atom stereocenters. The van der Waals surface area contributed by atoms with Crippen LogP contribution in [0, 0.1) is 13.8 Å². The molecule has 24 aromatic rings. The third-order valence-corrected chi connectivity index (χ3v) is 44.9. The van der Waals surface area contributed by atoms with Gasteiger partial charge in [0.2, 0.25) is 0 Å². The molecule has 0 aliphatic heterocycles. The number of fused-ring (bicyclic) bond motifs is 10. The highest BCUT2D eigenvalue weighted by molar-refractivity contribution is 7.24. The fraction of sp³-hybridized carbons (Fsp3) is 0.0746. The molecule has 0 saturated heterocycles. The number of benzene rings is 22. The van der Waals surface area contributed by atoms with Crippen LogP contribution in [0.4, 0.5) is 0 Å². The molecule has 0 saturated carbocycles. The van der Waals surface area contributed by atoms with Crippen LogP contribution in [0.3, 0.4) is 0 Å². The molecule has 2 nitrogen and oxygen atoms in total. The molecule has 0 N–H and O–H groups in total. The van der Waals surface area contributed by atoms with Gasteiger partial charge in [-0.3, -0.25) is 0 Å². The van der Waals surface area contributed by atoms with Crippen LogP contribution in [0.1, 0.15) is 61.1 Å². The van der Waals surface area contributed by atoms with Crippen molar-refractivity contribution in [3.05, 3.63) is 519 Å². The number of nitrogens with zero attached hydrogens (tertiary/aromatic N) is 2. The summed E-state index contributed by atoms with van der Waals surface area (Å²) in [6.45, 7) is 14.0. The van der Waals surface area contributed by atoms with Crippen molar-refractivity contribution in [1.29, 1.82) is 0 Å². The SMILES string of the molecule is CCc1ccc2c([Si](c3ccc(-c4ccccc4)cc3)(c3ccc(-c4ccccc4)cc3)n3c4ccccc4c4cc(C)ccc43)c3cc(CC)ccc3c([Si](c3ccc(-c4ccccc4)cc3)(c3ccc(-c4ccccc4)cc3)c3c4cc(CC)ccc4c([Si](c4ccc(-c5ccccc5)cc4)(c4ccc(-c5ccccc5)cc4)n4c5ccccc5c5cc(C)ccc54)c4cc(CC)ccc34)c2c1. The van der Waals surface area contributed by atoms with Crippen LogP contribution in [0.15, 0.2) is 485 Å². The minimum atomic E-state index is -4.30. The smallest absolute Gasteiger partial charge is 0.258 e. The van der Waals surface area contributed by atoms with Crippen molar-refractivity contribution in [1.82, 2.24) is 8.47 Å². The maximum atomic E-state index is 2.94. The highest BCUT2D eigenvalue weighted by Crippen LogP contribution is 2.43. The lowest BCUT2D eigenvalue weighted by molar-refractivity contribution is 1.15. The molecule has 5 heteroatoms. The summed E-state index contributed by atoms with van der Waals surface area (Å²) in [5.41, 5.74) is 26.6. The van der Waals surface area contributed by atoms with Crippen molar-refractivity contribution in [2.45, 2.75) is 67.2 Å². The first-order valence-corrected chi connectivity index (χ1v) is 55.5. The van der Waals surface area contributed by atoms with Crippen molar-refractivity contribution in [3.8, 4) is 66.8 Å². The Balaban J connectivity index is 0.943. The lowest BCUT2D eigenvalue weighted by Crippen LogP contribution is -2.77. The number of aromatic nitrogens is 2. The molecular formula is C134H106N2Si3. The molecule has 0 fully saturated rings. The van der Waals surface area contributed by atoms with E-state index < -0.39 is 24.5 Å². The summed E-state index contributed by atoms with van der Waals surface area (Å²) in [4.78, 5) is 0. The summed E-state index contributed by atoms with van der Waals surface area (Å²) in [6, 6.07) is 192. The summed E-state index contributed by atoms with van der Waals surface area (Å²) >= 11 is 0. The van der Waals surface area contributed by atoms with E-state index in [1.165, 1.54) is 239 Å². The van der Waals surface area contributed by atoms with E-state index in [2.05, 4.69) is 535 Å². The number of aryl methyl sites for hydroxylation is 6. The molecule has 139 heavy (non-hydrogen) atoms. The van der Waals surface area contributed by atoms with Crippen LogP contribution in [-0.2, 0) is 25.7 Å². The standard InChI is InChI=1S/C134H106N2Si3/c1-7-93-53-81-119-123(87-93)131(117-79-51-95(9-3)89-125(117)133(119)138(111-71-59-105(60-72-111)99-37-21-13-22-38-99,112-73-61-106(62-74-112)100-39-23-14-24-40-100)135-127-47-31-29-45-115(127)121-85-91(5)49-83-129(121)135)137(109-67-55-103(56-68-109)97-33-17-11-18-34-97,110-69-57-104(58-70-110)98-35-19-12-20-36-98)132-118-80-52-96(10-4)90-126(118)134(120-82-54-94(8-2)88-124(120)132)139(113-75-63-107(64-76-113)101-41-25-15-26-42-101,114-77-65-108(66-78-114)102-43-27-16-28-44-102)136-128-48-32-30-46-116(128)122-86-92(6)50-84-130(122)136/h11-90H,7-10H2,1-6H3. The van der Waals surface area contributed by atoms with Gasteiger partial charge in [0.05, 0.1) is 0 Å². The normalized spacial score (nSPS) is 12.1. The molecule has 22 aromatic carbocycles. The van der Waals surface area contributed by atoms with Gasteiger partial charge < -0.3 is 8.47 Å². The Kier molecular flexibility index (Phi) is 22.1. The van der Waals surface area contributed by atoms with E-state index >= 15 is 0 Å². The van der Waals surface area contributed by atoms with Gasteiger partial charge >= 0.3 is 0 Å². The largest absolute Gasteiger partial charge is 0.355 e. The summed E-state index contributed by atoms with van der Waals surface area (Å²) < 4.78 is 5.88. The van der Waals surface area contributed by atoms with Gasteiger partial charge in [-0.2, -0.15) is 0 Å². The maximum Gasteiger partial charge on any atom is 0.258 e. The third-order valence-electron chi connectivity index (χ3n) is 30.4. The first-order chi connectivity index (χ1) is 68.5. The molecule has 2 aromatic heterocycles. The number of para-hydroxylation sites is 2. The van der Waals surface area contributed by atoms with Crippen LogP contribution < -0.4 is 51.9 Å². The quantitative estimate of drug-likeness (QED) is 0.0364. The van der Waals surface area contributed by atoms with Crippen LogP contribution in [0.2, 0.25) is 0 Å². The highest BCUT2D eigenvalue weighted by atomic mass is 28.3. The molecular weight excluding hydrogens is 1720 g/mol. The summed E-state index contributed by atoms with van der Waals surface area (Å²) in [5.74, 6) is 0. The average molecular weight is 1830 g/mol. The second-order valence-electron chi connectivity index (χ2n) is 38.0. The minimum absolute atomic E-state index is 0.814. The lowest BCUT2D eigenvalue weighted by Gasteiger charge is -2.43. The predicted molar refractivity (Wildman–Crippen MR) is 604 cm³/mol. The first kappa shape index (κ1) is 86.0. The van der Waals surface area contributed by atoms with Gasteiger partial charge in [-0.05, 0) is 260 Å². The van der Waals surface area contributed by atoms with Crippen molar-refractivity contribution in [2.24, 2.45) is 0 Å². The molecule has 0 unspecified atom stereocenters. The van der Waals surface area contributed by atoms with E-state index in [9.17, 15) is 0 Å². The summed E-state index contributed by atoms with van der Waals surface area (Å²) in [5, 5.41) is 28.4. The molecule has 2 heterocycles. The predicted octanol–water partition coefficient (Wildman–Crippen LogP) is 27.8. The molecule has 664 valence electrons. The van der Waals surface area contributed by atoms with Crippen molar-refractivity contribution in [2.75, 3.05) is 0 Å². The lowest BCUT2D eigenvalue weighted by atomic mass is 9.98. The average Bonchev–Trinajstić information content (AvgIpc) is 1.28. The Bertz CT molecular complexity index is 8100. The Morgan fingerprint density at radius 2 is 0.367 bits per heavy atom. The van der Waals surface area contributed by atoms with Gasteiger partial charge in [0.1, 0.15) is 0 Å². The van der Waals surface area contributed by atoms with E-state index in [0.717, 1.165) is 25.7 Å². The van der Waals surface area contributed by atoms with Gasteiger partial charge in [0, 0.05) is 43.6 Å².